The number of Topliss-reactive ketones (excluding diaryl/α,β-unsaturated/α-hetero) is 3. The number of ether oxygens (including phenoxy) is 3. The van der Waals surface area contributed by atoms with Crippen molar-refractivity contribution in [3.05, 3.63) is 123 Å². The molecule has 5 saturated heterocycles. The molecule has 688 valence electrons. The van der Waals surface area contributed by atoms with Gasteiger partial charge in [-0.1, -0.05) is 84.8 Å². The van der Waals surface area contributed by atoms with Gasteiger partial charge in [-0.2, -0.15) is 5.10 Å². The smallest absolute Gasteiger partial charge is 0.404 e. The van der Waals surface area contributed by atoms with Gasteiger partial charge in [-0.05, 0) is 132 Å². The van der Waals surface area contributed by atoms with E-state index in [2.05, 4.69) is 75.1 Å². The van der Waals surface area contributed by atoms with E-state index in [0.29, 0.717) is 156 Å². The number of fused-ring (bicyclic) bond motifs is 10. The van der Waals surface area contributed by atoms with Crippen LogP contribution in [0, 0.1) is 29.1 Å². The second-order valence-electron chi connectivity index (χ2n) is 36.6. The van der Waals surface area contributed by atoms with Crippen LogP contribution >= 0.6 is 33.3 Å². The molecule has 2 aliphatic carbocycles. The van der Waals surface area contributed by atoms with Crippen LogP contribution in [0.4, 0.5) is 16.2 Å². The van der Waals surface area contributed by atoms with E-state index >= 15 is 4.79 Å². The molecule has 15 rings (SSSR count). The van der Waals surface area contributed by atoms with E-state index in [1.165, 1.54) is 28.5 Å². The molecular weight excluding hydrogens is 1700 g/mol. The largest absolute Gasteiger partial charge is 0.496 e. The maximum Gasteiger partial charge on any atom is 0.404 e. The van der Waals surface area contributed by atoms with E-state index < -0.39 is 122 Å². The summed E-state index contributed by atoms with van der Waals surface area (Å²) in [7, 11) is 6.29. The number of hydrogen-bond acceptors (Lipinski definition) is 28. The third-order valence-corrected chi connectivity index (χ3v) is 32.9. The second-order valence-corrected chi connectivity index (χ2v) is 40.6. The van der Waals surface area contributed by atoms with Crippen LogP contribution in [0.3, 0.4) is 0 Å². The number of piperidine rings is 1. The molecular formula is C91H119N17O17S3. The number of hydrazone groups is 1. The molecule has 2 bridgehead atoms. The summed E-state index contributed by atoms with van der Waals surface area (Å²) in [6, 6.07) is 16.4. The number of carbonyl (C=O) groups is 11. The number of methoxy groups -OCH3 is 1. The monoisotopic (exact) mass is 1820 g/mol. The number of aliphatic imine (C=N–C) groups is 1. The number of amides is 7. The van der Waals surface area contributed by atoms with Crippen LogP contribution in [0.5, 0.6) is 5.75 Å². The Hall–Kier alpha value is -9.86. The van der Waals surface area contributed by atoms with E-state index in [1.54, 1.807) is 52.1 Å². The third kappa shape index (κ3) is 16.6. The van der Waals surface area contributed by atoms with Crippen molar-refractivity contribution < 1.29 is 82.3 Å². The number of aromatic nitrogens is 1. The number of guanidine groups is 1. The number of allylic oxidation sites excluding steroid dienone is 2. The molecule has 1 spiro atoms. The van der Waals surface area contributed by atoms with Crippen molar-refractivity contribution in [1.82, 2.24) is 51.7 Å². The van der Waals surface area contributed by atoms with Crippen LogP contribution in [0.2, 0.25) is 0 Å². The zero-order valence-corrected chi connectivity index (χ0v) is 76.3. The molecule has 16 N–H and O–H groups in total. The summed E-state index contributed by atoms with van der Waals surface area (Å²) in [5.41, 5.74) is 18.8. The number of likely N-dealkylation sites (N-methyl/N-ethyl adjacent to an activating group) is 1. The van der Waals surface area contributed by atoms with Gasteiger partial charge in [0.2, 0.25) is 41.1 Å². The first-order chi connectivity index (χ1) is 61.2. The summed E-state index contributed by atoms with van der Waals surface area (Å²) in [5, 5.41) is 59.3. The average Bonchev–Trinajstić information content (AvgIpc) is 1.48. The topological polar surface area (TPSA) is 493 Å². The van der Waals surface area contributed by atoms with Gasteiger partial charge in [-0.3, -0.25) is 62.7 Å². The van der Waals surface area contributed by atoms with Crippen LogP contribution in [-0.4, -0.2) is 280 Å². The highest BCUT2D eigenvalue weighted by molar-refractivity contribution is 8.76. The lowest BCUT2D eigenvalue weighted by Gasteiger charge is -2.63. The van der Waals surface area contributed by atoms with Crippen LogP contribution in [0.25, 0.3) is 10.9 Å². The van der Waals surface area contributed by atoms with Gasteiger partial charge < -0.3 is 88.1 Å². The predicted octanol–water partition coefficient (Wildman–Crippen LogP) is 3.34. The molecule has 37 heteroatoms. The number of aromatic amines is 1. The fourth-order valence-electron chi connectivity index (χ4n) is 22.9. The lowest BCUT2D eigenvalue weighted by molar-refractivity contribution is -0.203. The van der Waals surface area contributed by atoms with Crippen molar-refractivity contribution >= 4 is 133 Å². The number of H-pyrrole nitrogens is 1. The summed E-state index contributed by atoms with van der Waals surface area (Å²) >= 11 is 1.16. The van der Waals surface area contributed by atoms with Gasteiger partial charge in [-0.25, -0.2) is 15.1 Å². The number of imide groups is 1. The van der Waals surface area contributed by atoms with Gasteiger partial charge in [0.05, 0.1) is 69.7 Å². The van der Waals surface area contributed by atoms with Crippen molar-refractivity contribution in [2.24, 2.45) is 56.4 Å². The molecule has 6 fully saturated rings. The van der Waals surface area contributed by atoms with Crippen molar-refractivity contribution in [1.29, 1.82) is 0 Å². The van der Waals surface area contributed by atoms with E-state index in [-0.39, 0.29) is 110 Å². The fraction of sp³-hybridized carbons (Fsp3) is 0.571. The fourth-order valence-corrected chi connectivity index (χ4v) is 25.9. The average molecular weight is 1820 g/mol. The molecule has 34 nitrogen and oxygen atoms in total. The van der Waals surface area contributed by atoms with Crippen molar-refractivity contribution in [2.75, 3.05) is 120 Å². The SMILES string of the molecule is CC[C@]1(O)C[C@H]2CN(CCc3c([nH]c4ccccc34)[C@@](COC=O)(c3cc4c(cc3OC)N(C)[C@H]3[C@@](O)(C(=O)N/N=C(/C)c5ccc(N6C(=O)CC(SCCNC(=O)[C@H](CNC(=O)CCSSCCNC7=C(C)C(=O)C8=C(C7=O)[C@@H](COC(N)=O)[C@@]7(C)[C@H]9N[C@H]9CN87)CC(=O)[C@H](C)NC(=O)[C@@H](C)CCCN=C(N)N)C6=O)cc5)[C@H](O)[C@]5(CC)C=CCN6CC[C@]43[C@@H]65)C2)C1. The number of aliphatic hydroxyl groups is 3. The van der Waals surface area contributed by atoms with E-state index in [9.17, 15) is 63.3 Å². The zero-order chi connectivity index (χ0) is 91.4. The van der Waals surface area contributed by atoms with Crippen LogP contribution in [0.15, 0.2) is 105 Å². The maximum absolute atomic E-state index is 15.7. The molecule has 18 atom stereocenters. The van der Waals surface area contributed by atoms with E-state index in [0.717, 1.165) is 49.9 Å². The Labute approximate surface area is 755 Å². The number of benzene rings is 3. The first-order valence-electron chi connectivity index (χ1n) is 44.4. The molecule has 128 heavy (non-hydrogen) atoms. The molecule has 4 aromatic rings. The lowest BCUT2D eigenvalue weighted by Crippen LogP contribution is -2.81. The Bertz CT molecular complexity index is 5250. The standard InChI is InChI=1S/C91H119N17O17S3/c1-10-87(121)40-53-41-89(47-124-48-109,75-58(23-31-105(43-53)46-87)57-17-12-13-18-62(57)100-75)60-37-59-64(38-66(60)123-9)104(8)81-90(59)26-32-106-30-15-25-88(11-2,80(90)106)82(118)91(81,122)83(119)103-102-51(5)54-19-21-56(22-20-54)108-69(112)39-67(79(108)117)126-34-28-96-78(116)55(36-65(110)52(6)99-77(115)49(3)16-14-27-97-84(92)93)42-98-68(111)24-33-127-128-35-29-95-71-50(4)73(113)72-70(74(71)114)61(45-125-85(94)120)86(7)76-63(101-76)44-107(72)86/h12-13,15,17-22,25,37-38,48-49,52-53,55,61,63,67,76,80-82,95,100-101,118,121-122H,10-11,14,16,23-24,26-36,39-47H2,1-9H3,(H2,94,120)(H,96,116)(H,98,111)(H,99,115)(H,103,119)(H4,92,93,97)/b102-51-/t49-,52-,53+,55-,61+,63-,67?,76-,80-,81+,82+,86-,87-,88+,89-,90+,91-/m0/s1. The third-order valence-electron chi connectivity index (χ3n) is 29.3. The Morgan fingerprint density at radius 3 is 2.39 bits per heavy atom. The first-order valence-corrected chi connectivity index (χ1v) is 48.0. The summed E-state index contributed by atoms with van der Waals surface area (Å²) in [4.78, 5) is 169. The lowest BCUT2D eigenvalue weighted by atomic mass is 9.47. The highest BCUT2D eigenvalue weighted by Gasteiger charge is 2.79. The Morgan fingerprint density at radius 1 is 0.891 bits per heavy atom. The number of hydrogen-bond donors (Lipinski definition) is 13. The summed E-state index contributed by atoms with van der Waals surface area (Å²) < 4.78 is 17.9. The summed E-state index contributed by atoms with van der Waals surface area (Å²) in [5.74, 6) is -5.13. The Balaban J connectivity index is 0.585. The second kappa shape index (κ2) is 37.2. The van der Waals surface area contributed by atoms with E-state index in [4.69, 9.17) is 31.4 Å². The zero-order valence-electron chi connectivity index (χ0n) is 73.9. The van der Waals surface area contributed by atoms with Gasteiger partial charge in [0.1, 0.15) is 25.1 Å². The number of ketones is 3. The highest BCUT2D eigenvalue weighted by atomic mass is 33.1. The molecule has 1 aromatic heterocycles. The van der Waals surface area contributed by atoms with Gasteiger partial charge in [-0.15, -0.1) is 11.8 Å². The molecule has 11 aliphatic rings. The molecule has 7 amide bonds. The minimum atomic E-state index is -2.54. The van der Waals surface area contributed by atoms with Gasteiger partial charge in [0.25, 0.3) is 12.4 Å². The number of thioether (sulfide) groups is 1. The normalized spacial score (nSPS) is 30.2. The number of rotatable bonds is 37. The number of nitrogens with one attached hydrogen (secondary N) is 7. The molecule has 9 aliphatic heterocycles. The summed E-state index contributed by atoms with van der Waals surface area (Å²) in [6.07, 6.45) is 4.83. The molecule has 2 unspecified atom stereocenters. The molecule has 10 heterocycles. The predicted molar refractivity (Wildman–Crippen MR) is 487 cm³/mol. The Kier molecular flexibility index (Phi) is 27.0. The number of aliphatic hydroxyl groups excluding tert-OH is 1. The number of nitrogens with two attached hydrogens (primary N) is 3. The van der Waals surface area contributed by atoms with Crippen LogP contribution in [0.1, 0.15) is 141 Å². The van der Waals surface area contributed by atoms with Crippen molar-refractivity contribution in [3.8, 4) is 5.75 Å². The maximum atomic E-state index is 15.7. The minimum Gasteiger partial charge on any atom is -0.496 e. The van der Waals surface area contributed by atoms with Gasteiger partial charge in [0, 0.05) is 188 Å². The quantitative estimate of drug-likeness (QED) is 0.00294. The van der Waals surface area contributed by atoms with Gasteiger partial charge in [0.15, 0.2) is 17.3 Å². The number of anilines is 2. The van der Waals surface area contributed by atoms with Crippen LogP contribution < -0.4 is 63.7 Å². The number of piperazine rings is 1. The van der Waals surface area contributed by atoms with Crippen molar-refractivity contribution in [3.63, 3.8) is 0 Å². The number of carbonyl (C=O) groups excluding carboxylic acids is 11. The number of para-hydroxylation sites is 1. The highest BCUT2D eigenvalue weighted by Crippen LogP contribution is 2.68. The Morgan fingerprint density at radius 2 is 1.66 bits per heavy atom. The van der Waals surface area contributed by atoms with Gasteiger partial charge >= 0.3 is 6.09 Å². The molecule has 1 saturated carbocycles. The molecule has 3 aromatic carbocycles. The number of nitrogens with zero attached hydrogens (tertiary/aromatic N) is 7. The van der Waals surface area contributed by atoms with Crippen LogP contribution in [-0.2, 0) is 74.7 Å². The first kappa shape index (κ1) is 92.8. The minimum absolute atomic E-state index is 0.00870. The summed E-state index contributed by atoms with van der Waals surface area (Å²) in [6.45, 7) is 16.7. The molecule has 0 radical (unpaired) electrons. The number of primary amides is 1. The van der Waals surface area contributed by atoms with E-state index in [1.807, 2.05) is 68.0 Å². The van der Waals surface area contributed by atoms with Crippen molar-refractivity contribution in [2.45, 2.75) is 188 Å².